The zero-order valence-electron chi connectivity index (χ0n) is 10.8. The second-order valence-electron chi connectivity index (χ2n) is 5.31. The summed E-state index contributed by atoms with van der Waals surface area (Å²) in [6, 6.07) is -0.217. The van der Waals surface area contributed by atoms with Gasteiger partial charge in [0.05, 0.1) is 0 Å². The Labute approximate surface area is 105 Å². The molecule has 0 bridgehead atoms. The molecular weight excluding hydrogens is 236 g/mol. The van der Waals surface area contributed by atoms with Gasteiger partial charge in [-0.3, -0.25) is 4.90 Å². The Morgan fingerprint density at radius 1 is 1.50 bits per heavy atom. The van der Waals surface area contributed by atoms with Gasteiger partial charge in [0.25, 0.3) is 0 Å². The standard InChI is InChI=1S/C11H18N4O3/c1-11(2,3)18-10(16)15-6-4-5-7(15)8-13-14-9(12)17-8/h7H,4-6H2,1-3H3,(H2,12,14)/t7-/m0/s1. The van der Waals surface area contributed by atoms with Crippen LogP contribution >= 0.6 is 0 Å². The molecule has 1 aromatic heterocycles. The number of aromatic nitrogens is 2. The Kier molecular flexibility index (Phi) is 3.14. The minimum Gasteiger partial charge on any atom is -0.444 e. The van der Waals surface area contributed by atoms with Crippen LogP contribution in [0.1, 0.15) is 45.5 Å². The molecule has 1 amide bonds. The number of anilines is 1. The fourth-order valence-corrected chi connectivity index (χ4v) is 1.94. The van der Waals surface area contributed by atoms with Crippen molar-refractivity contribution < 1.29 is 13.9 Å². The molecule has 0 aliphatic carbocycles. The van der Waals surface area contributed by atoms with Crippen molar-refractivity contribution in [2.45, 2.75) is 45.3 Å². The first kappa shape index (κ1) is 12.7. The first-order valence-electron chi connectivity index (χ1n) is 5.95. The van der Waals surface area contributed by atoms with Crippen LogP contribution in [0.2, 0.25) is 0 Å². The lowest BCUT2D eigenvalue weighted by atomic mass is 10.2. The smallest absolute Gasteiger partial charge is 0.410 e. The predicted octanol–water partition coefficient (Wildman–Crippen LogP) is 1.72. The first-order valence-corrected chi connectivity index (χ1v) is 5.95. The van der Waals surface area contributed by atoms with Gasteiger partial charge >= 0.3 is 12.1 Å². The van der Waals surface area contributed by atoms with Crippen molar-refractivity contribution >= 4 is 12.1 Å². The second kappa shape index (κ2) is 4.47. The zero-order valence-corrected chi connectivity index (χ0v) is 10.8. The van der Waals surface area contributed by atoms with Gasteiger partial charge < -0.3 is 14.9 Å². The number of ether oxygens (including phenoxy) is 1. The van der Waals surface area contributed by atoms with Crippen LogP contribution in [0.15, 0.2) is 4.42 Å². The quantitative estimate of drug-likeness (QED) is 0.820. The van der Waals surface area contributed by atoms with E-state index in [-0.39, 0.29) is 18.1 Å². The summed E-state index contributed by atoms with van der Waals surface area (Å²) in [5.74, 6) is 0.371. The third-order valence-corrected chi connectivity index (χ3v) is 2.62. The molecule has 7 heteroatoms. The van der Waals surface area contributed by atoms with E-state index in [1.807, 2.05) is 20.8 Å². The van der Waals surface area contributed by atoms with E-state index in [4.69, 9.17) is 14.9 Å². The fourth-order valence-electron chi connectivity index (χ4n) is 1.94. The molecule has 1 aromatic rings. The van der Waals surface area contributed by atoms with Crippen molar-refractivity contribution in [3.8, 4) is 0 Å². The van der Waals surface area contributed by atoms with Crippen molar-refractivity contribution in [2.75, 3.05) is 12.3 Å². The van der Waals surface area contributed by atoms with Gasteiger partial charge in [-0.25, -0.2) is 4.79 Å². The molecule has 1 saturated heterocycles. The van der Waals surface area contributed by atoms with Crippen LogP contribution in [-0.4, -0.2) is 33.3 Å². The number of carbonyl (C=O) groups is 1. The molecule has 2 heterocycles. The third kappa shape index (κ3) is 2.72. The van der Waals surface area contributed by atoms with Gasteiger partial charge in [-0.2, -0.15) is 0 Å². The van der Waals surface area contributed by atoms with Crippen molar-refractivity contribution in [3.05, 3.63) is 5.89 Å². The number of hydrogen-bond acceptors (Lipinski definition) is 6. The van der Waals surface area contributed by atoms with Gasteiger partial charge in [0.15, 0.2) is 0 Å². The van der Waals surface area contributed by atoms with Crippen molar-refractivity contribution in [1.29, 1.82) is 0 Å². The van der Waals surface area contributed by atoms with E-state index in [9.17, 15) is 4.79 Å². The zero-order chi connectivity index (χ0) is 13.3. The van der Waals surface area contributed by atoms with Crippen LogP contribution in [0.25, 0.3) is 0 Å². The van der Waals surface area contributed by atoms with Gasteiger partial charge in [-0.05, 0) is 33.6 Å². The lowest BCUT2D eigenvalue weighted by molar-refractivity contribution is 0.0204. The molecular formula is C11H18N4O3. The number of amides is 1. The number of hydrogen-bond donors (Lipinski definition) is 1. The highest BCUT2D eigenvalue weighted by molar-refractivity contribution is 5.69. The molecule has 1 fully saturated rings. The highest BCUT2D eigenvalue weighted by atomic mass is 16.6. The highest BCUT2D eigenvalue weighted by Gasteiger charge is 2.36. The average Bonchev–Trinajstić information content (AvgIpc) is 2.81. The maximum absolute atomic E-state index is 12.0. The number of nitrogen functional groups attached to an aromatic ring is 1. The Morgan fingerprint density at radius 3 is 2.78 bits per heavy atom. The van der Waals surface area contributed by atoms with Crippen LogP contribution < -0.4 is 5.73 Å². The summed E-state index contributed by atoms with van der Waals surface area (Å²) in [5, 5.41) is 7.45. The van der Waals surface area contributed by atoms with E-state index in [0.717, 1.165) is 12.8 Å². The molecule has 0 saturated carbocycles. The summed E-state index contributed by atoms with van der Waals surface area (Å²) in [6.07, 6.45) is 1.30. The van der Waals surface area contributed by atoms with Gasteiger partial charge in [0.1, 0.15) is 11.6 Å². The summed E-state index contributed by atoms with van der Waals surface area (Å²) < 4.78 is 10.5. The van der Waals surface area contributed by atoms with Crippen LogP contribution in [0.3, 0.4) is 0 Å². The molecule has 18 heavy (non-hydrogen) atoms. The largest absolute Gasteiger partial charge is 0.444 e. The van der Waals surface area contributed by atoms with E-state index in [1.54, 1.807) is 4.90 Å². The maximum Gasteiger partial charge on any atom is 0.410 e. The summed E-state index contributed by atoms with van der Waals surface area (Å²) in [4.78, 5) is 13.6. The Bertz CT molecular complexity index is 438. The molecule has 1 aliphatic rings. The number of likely N-dealkylation sites (tertiary alicyclic amines) is 1. The number of nitrogens with zero attached hydrogens (tertiary/aromatic N) is 3. The molecule has 0 spiro atoms. The minimum atomic E-state index is -0.516. The number of nitrogens with two attached hydrogens (primary N) is 1. The Balaban J connectivity index is 2.10. The van der Waals surface area contributed by atoms with Crippen LogP contribution in [0, 0.1) is 0 Å². The van der Waals surface area contributed by atoms with Crippen molar-refractivity contribution in [1.82, 2.24) is 15.1 Å². The predicted molar refractivity (Wildman–Crippen MR) is 63.6 cm³/mol. The monoisotopic (exact) mass is 254 g/mol. The third-order valence-electron chi connectivity index (χ3n) is 2.62. The molecule has 1 atom stereocenters. The summed E-state index contributed by atoms with van der Waals surface area (Å²) in [5.41, 5.74) is 4.88. The van der Waals surface area contributed by atoms with Crippen molar-refractivity contribution in [3.63, 3.8) is 0 Å². The summed E-state index contributed by atoms with van der Waals surface area (Å²) >= 11 is 0. The topological polar surface area (TPSA) is 94.5 Å². The normalized spacial score (nSPS) is 20.2. The van der Waals surface area contributed by atoms with Gasteiger partial charge in [0, 0.05) is 6.54 Å². The molecule has 2 rings (SSSR count). The van der Waals surface area contributed by atoms with E-state index in [0.29, 0.717) is 12.4 Å². The van der Waals surface area contributed by atoms with Crippen LogP contribution in [0.5, 0.6) is 0 Å². The molecule has 0 unspecified atom stereocenters. The fraction of sp³-hybridized carbons (Fsp3) is 0.727. The SMILES string of the molecule is CC(C)(C)OC(=O)N1CCC[C@H]1c1nnc(N)o1. The Hall–Kier alpha value is -1.79. The Morgan fingerprint density at radius 2 is 2.22 bits per heavy atom. The molecule has 100 valence electrons. The maximum atomic E-state index is 12.0. The van der Waals surface area contributed by atoms with Gasteiger partial charge in [-0.15, -0.1) is 5.10 Å². The lowest BCUT2D eigenvalue weighted by Crippen LogP contribution is -2.36. The highest BCUT2D eigenvalue weighted by Crippen LogP contribution is 2.32. The van der Waals surface area contributed by atoms with Crippen LogP contribution in [-0.2, 0) is 4.74 Å². The minimum absolute atomic E-state index is 0.0149. The first-order chi connectivity index (χ1) is 8.37. The molecule has 0 aromatic carbocycles. The summed E-state index contributed by atoms with van der Waals surface area (Å²) in [6.45, 7) is 6.13. The van der Waals surface area contributed by atoms with Crippen molar-refractivity contribution in [2.24, 2.45) is 0 Å². The second-order valence-corrected chi connectivity index (χ2v) is 5.31. The van der Waals surface area contributed by atoms with E-state index in [1.165, 1.54) is 0 Å². The average molecular weight is 254 g/mol. The number of rotatable bonds is 1. The molecule has 2 N–H and O–H groups in total. The lowest BCUT2D eigenvalue weighted by Gasteiger charge is -2.27. The van der Waals surface area contributed by atoms with E-state index in [2.05, 4.69) is 10.2 Å². The van der Waals surface area contributed by atoms with Crippen LogP contribution in [0.4, 0.5) is 10.8 Å². The molecule has 0 radical (unpaired) electrons. The van der Waals surface area contributed by atoms with E-state index < -0.39 is 5.60 Å². The van der Waals surface area contributed by atoms with Gasteiger partial charge in [-0.1, -0.05) is 5.10 Å². The number of carbonyl (C=O) groups excluding carboxylic acids is 1. The van der Waals surface area contributed by atoms with Gasteiger partial charge in [0.2, 0.25) is 5.89 Å². The molecule has 1 aliphatic heterocycles. The van der Waals surface area contributed by atoms with E-state index >= 15 is 0 Å². The molecule has 7 nitrogen and oxygen atoms in total. The summed E-state index contributed by atoms with van der Waals surface area (Å²) in [7, 11) is 0.